The number of likely N-dealkylation sites (tertiary alicyclic amines) is 1. The molecule has 2 rings (SSSR count). The van der Waals surface area contributed by atoms with Gasteiger partial charge in [-0.05, 0) is 26.9 Å². The van der Waals surface area contributed by atoms with E-state index >= 15 is 0 Å². The van der Waals surface area contributed by atoms with Crippen LogP contribution < -0.4 is 0 Å². The Morgan fingerprint density at radius 3 is 2.93 bits per heavy atom. The van der Waals surface area contributed by atoms with Crippen LogP contribution in [0, 0.1) is 0 Å². The van der Waals surface area contributed by atoms with Crippen LogP contribution in [0.25, 0.3) is 0 Å². The summed E-state index contributed by atoms with van der Waals surface area (Å²) >= 11 is 0. The fourth-order valence-electron chi connectivity index (χ4n) is 1.73. The number of hydrogen-bond donors (Lipinski definition) is 1. The first-order valence-electron chi connectivity index (χ1n) is 4.87. The van der Waals surface area contributed by atoms with Crippen molar-refractivity contribution in [3.05, 3.63) is 11.7 Å². The van der Waals surface area contributed by atoms with Crippen LogP contribution in [0.4, 0.5) is 0 Å². The molecule has 2 heterocycles. The largest absolute Gasteiger partial charge is 0.384 e. The summed E-state index contributed by atoms with van der Waals surface area (Å²) in [5.41, 5.74) is 0. The summed E-state index contributed by atoms with van der Waals surface area (Å²) in [6, 6.07) is 0. The van der Waals surface area contributed by atoms with Crippen molar-refractivity contribution in [3.8, 4) is 0 Å². The Morgan fingerprint density at radius 1 is 1.64 bits per heavy atom. The van der Waals surface area contributed by atoms with Gasteiger partial charge in [0.15, 0.2) is 5.82 Å². The predicted molar refractivity (Wildman–Crippen MR) is 49.8 cm³/mol. The van der Waals surface area contributed by atoms with Gasteiger partial charge in [0.05, 0.1) is 0 Å². The summed E-state index contributed by atoms with van der Waals surface area (Å²) in [6.07, 6.45) is 0.394. The first-order chi connectivity index (χ1) is 6.66. The minimum Gasteiger partial charge on any atom is -0.384 e. The fraction of sp³-hybridized carbons (Fsp3) is 0.778. The molecule has 0 saturated carbocycles. The molecule has 1 aromatic heterocycles. The molecule has 0 aliphatic carbocycles. The van der Waals surface area contributed by atoms with Crippen molar-refractivity contribution in [3.63, 3.8) is 0 Å². The molecule has 14 heavy (non-hydrogen) atoms. The van der Waals surface area contributed by atoms with Gasteiger partial charge in [-0.2, -0.15) is 4.98 Å². The number of aliphatic hydroxyl groups excluding tert-OH is 1. The summed E-state index contributed by atoms with van der Waals surface area (Å²) < 4.78 is 4.94. The molecule has 0 amide bonds. The van der Waals surface area contributed by atoms with Crippen molar-refractivity contribution in [1.82, 2.24) is 15.0 Å². The van der Waals surface area contributed by atoms with Gasteiger partial charge in [0.2, 0.25) is 0 Å². The predicted octanol–water partition coefficient (Wildman–Crippen LogP) is 0.542. The number of rotatable bonds is 2. The van der Waals surface area contributed by atoms with Crippen LogP contribution in [0.5, 0.6) is 0 Å². The molecule has 0 aromatic carbocycles. The highest BCUT2D eigenvalue weighted by molar-refractivity contribution is 5.00. The van der Waals surface area contributed by atoms with Gasteiger partial charge in [0.25, 0.3) is 5.89 Å². The number of aliphatic hydroxyl groups is 1. The minimum absolute atomic E-state index is 0.314. The first-order valence-corrected chi connectivity index (χ1v) is 4.87. The molecule has 1 fully saturated rings. The molecule has 5 heteroatoms. The van der Waals surface area contributed by atoms with Crippen LogP contribution in [-0.4, -0.2) is 40.3 Å². The van der Waals surface area contributed by atoms with Gasteiger partial charge in [0.1, 0.15) is 6.10 Å². The summed E-state index contributed by atoms with van der Waals surface area (Å²) in [7, 11) is 2.08. The molecule has 1 N–H and O–H groups in total. The van der Waals surface area contributed by atoms with E-state index in [4.69, 9.17) is 4.52 Å². The quantitative estimate of drug-likeness (QED) is 0.749. The van der Waals surface area contributed by atoms with Gasteiger partial charge in [0, 0.05) is 12.5 Å². The van der Waals surface area contributed by atoms with Gasteiger partial charge >= 0.3 is 0 Å². The molecule has 5 nitrogen and oxygen atoms in total. The zero-order valence-electron chi connectivity index (χ0n) is 8.47. The van der Waals surface area contributed by atoms with Crippen molar-refractivity contribution >= 4 is 0 Å². The molecule has 0 radical (unpaired) electrons. The zero-order valence-corrected chi connectivity index (χ0v) is 8.47. The number of aromatic nitrogens is 2. The van der Waals surface area contributed by atoms with E-state index in [0.29, 0.717) is 11.8 Å². The van der Waals surface area contributed by atoms with Gasteiger partial charge < -0.3 is 14.5 Å². The summed E-state index contributed by atoms with van der Waals surface area (Å²) in [4.78, 5) is 6.41. The summed E-state index contributed by atoms with van der Waals surface area (Å²) in [5, 5.41) is 13.1. The lowest BCUT2D eigenvalue weighted by Gasteiger charge is -2.05. The monoisotopic (exact) mass is 197 g/mol. The van der Waals surface area contributed by atoms with Crippen LogP contribution in [-0.2, 0) is 0 Å². The molecule has 1 aromatic rings. The van der Waals surface area contributed by atoms with Gasteiger partial charge in [-0.15, -0.1) is 0 Å². The van der Waals surface area contributed by atoms with E-state index in [2.05, 4.69) is 22.1 Å². The maximum absolute atomic E-state index is 9.23. The molecule has 2 atom stereocenters. The third-order valence-electron chi connectivity index (χ3n) is 2.57. The third kappa shape index (κ3) is 1.78. The second-order valence-electron chi connectivity index (χ2n) is 3.91. The van der Waals surface area contributed by atoms with E-state index in [0.717, 1.165) is 25.3 Å². The number of likely N-dealkylation sites (N-methyl/N-ethyl adjacent to an activating group) is 1. The molecule has 0 bridgehead atoms. The van der Waals surface area contributed by atoms with E-state index in [-0.39, 0.29) is 0 Å². The molecular weight excluding hydrogens is 182 g/mol. The van der Waals surface area contributed by atoms with E-state index < -0.39 is 6.10 Å². The molecule has 2 unspecified atom stereocenters. The lowest BCUT2D eigenvalue weighted by molar-refractivity contribution is 0.151. The van der Waals surface area contributed by atoms with E-state index in [1.807, 2.05) is 0 Å². The Bertz CT molecular complexity index is 311. The molecule has 1 aliphatic heterocycles. The molecule has 78 valence electrons. The summed E-state index contributed by atoms with van der Waals surface area (Å²) in [6.45, 7) is 3.67. The molecule has 1 saturated heterocycles. The van der Waals surface area contributed by atoms with Crippen LogP contribution >= 0.6 is 0 Å². The fourth-order valence-corrected chi connectivity index (χ4v) is 1.73. The second-order valence-corrected chi connectivity index (χ2v) is 3.91. The standard InChI is InChI=1S/C9H15N3O2/c1-6(13)9-10-8(11-14-9)7-3-4-12(2)5-7/h6-7,13H,3-5H2,1-2H3. The smallest absolute Gasteiger partial charge is 0.255 e. The van der Waals surface area contributed by atoms with Crippen molar-refractivity contribution < 1.29 is 9.63 Å². The number of hydrogen-bond acceptors (Lipinski definition) is 5. The minimum atomic E-state index is -0.671. The van der Waals surface area contributed by atoms with Crippen LogP contribution in [0.15, 0.2) is 4.52 Å². The van der Waals surface area contributed by atoms with Crippen LogP contribution in [0.3, 0.4) is 0 Å². The first kappa shape index (κ1) is 9.61. The molecule has 1 aliphatic rings. The molecule has 0 spiro atoms. The van der Waals surface area contributed by atoms with E-state index in [1.165, 1.54) is 0 Å². The second kappa shape index (κ2) is 3.67. The normalized spacial score (nSPS) is 25.5. The van der Waals surface area contributed by atoms with Crippen LogP contribution in [0.2, 0.25) is 0 Å². The SMILES string of the molecule is CC(O)c1nc(C2CCN(C)C2)no1. The van der Waals surface area contributed by atoms with Gasteiger partial charge in [-0.1, -0.05) is 5.16 Å². The lowest BCUT2D eigenvalue weighted by Crippen LogP contribution is -2.13. The summed E-state index contributed by atoms with van der Waals surface area (Å²) in [5.74, 6) is 1.40. The topological polar surface area (TPSA) is 62.4 Å². The lowest BCUT2D eigenvalue weighted by atomic mass is 10.1. The van der Waals surface area contributed by atoms with Crippen molar-refractivity contribution in [2.45, 2.75) is 25.4 Å². The average molecular weight is 197 g/mol. The average Bonchev–Trinajstić information content (AvgIpc) is 2.70. The highest BCUT2D eigenvalue weighted by atomic mass is 16.5. The zero-order chi connectivity index (χ0) is 10.1. The van der Waals surface area contributed by atoms with Gasteiger partial charge in [-0.25, -0.2) is 0 Å². The van der Waals surface area contributed by atoms with Crippen LogP contribution in [0.1, 0.15) is 37.1 Å². The Morgan fingerprint density at radius 2 is 2.43 bits per heavy atom. The van der Waals surface area contributed by atoms with Crippen molar-refractivity contribution in [2.75, 3.05) is 20.1 Å². The Labute approximate surface area is 82.7 Å². The van der Waals surface area contributed by atoms with Crippen molar-refractivity contribution in [2.24, 2.45) is 0 Å². The van der Waals surface area contributed by atoms with E-state index in [9.17, 15) is 5.11 Å². The highest BCUT2D eigenvalue weighted by Crippen LogP contribution is 2.24. The van der Waals surface area contributed by atoms with Gasteiger partial charge in [-0.3, -0.25) is 0 Å². The third-order valence-corrected chi connectivity index (χ3v) is 2.57. The van der Waals surface area contributed by atoms with E-state index in [1.54, 1.807) is 6.92 Å². The van der Waals surface area contributed by atoms with Crippen molar-refractivity contribution in [1.29, 1.82) is 0 Å². The Kier molecular flexibility index (Phi) is 2.52. The molecular formula is C9H15N3O2. The maximum atomic E-state index is 9.23. The maximum Gasteiger partial charge on any atom is 0.255 e. The number of nitrogens with zero attached hydrogens (tertiary/aromatic N) is 3. The Balaban J connectivity index is 2.09. The Hall–Kier alpha value is -0.940. The highest BCUT2D eigenvalue weighted by Gasteiger charge is 2.26.